The van der Waals surface area contributed by atoms with Crippen molar-refractivity contribution >= 4 is 27.5 Å². The highest BCUT2D eigenvalue weighted by atomic mass is 79.9. The first kappa shape index (κ1) is 13.7. The van der Waals surface area contributed by atoms with Crippen LogP contribution in [-0.4, -0.2) is 13.0 Å². The second-order valence-corrected chi connectivity index (χ2v) is 5.00. The number of carbonyl (C=O) groups is 1. The Morgan fingerprint density at radius 1 is 1.32 bits per heavy atom. The van der Waals surface area contributed by atoms with Crippen molar-refractivity contribution in [3.63, 3.8) is 0 Å². The highest BCUT2D eigenvalue weighted by Crippen LogP contribution is 2.30. The van der Waals surface area contributed by atoms with Crippen molar-refractivity contribution in [1.29, 1.82) is 0 Å². The summed E-state index contributed by atoms with van der Waals surface area (Å²) in [4.78, 5) is 12.0. The fraction of sp³-hybridized carbons (Fsp3) is 0.214. The van der Waals surface area contributed by atoms with Crippen LogP contribution < -0.4 is 10.1 Å². The lowest BCUT2D eigenvalue weighted by atomic mass is 10.1. The SMILES string of the molecule is COc1c(C)cc(C)cc1NC(=O)c1ccc(Br)o1. The summed E-state index contributed by atoms with van der Waals surface area (Å²) in [5.74, 6) is 0.589. The van der Waals surface area contributed by atoms with Crippen molar-refractivity contribution in [3.05, 3.63) is 45.8 Å². The first-order chi connectivity index (χ1) is 9.01. The molecule has 0 aliphatic carbocycles. The fourth-order valence-electron chi connectivity index (χ4n) is 1.94. The number of anilines is 1. The molecule has 0 fully saturated rings. The number of hydrogen-bond donors (Lipinski definition) is 1. The Kier molecular flexibility index (Phi) is 3.95. The summed E-state index contributed by atoms with van der Waals surface area (Å²) in [6.07, 6.45) is 0. The van der Waals surface area contributed by atoms with Gasteiger partial charge in [-0.25, -0.2) is 0 Å². The molecule has 5 heteroatoms. The average Bonchev–Trinajstić information content (AvgIpc) is 2.75. The molecule has 1 aromatic heterocycles. The predicted octanol–water partition coefficient (Wildman–Crippen LogP) is 3.92. The quantitative estimate of drug-likeness (QED) is 0.931. The number of rotatable bonds is 3. The van der Waals surface area contributed by atoms with Gasteiger partial charge in [0.25, 0.3) is 5.91 Å². The Bertz CT molecular complexity index is 619. The van der Waals surface area contributed by atoms with Crippen LogP contribution in [0.3, 0.4) is 0 Å². The van der Waals surface area contributed by atoms with Gasteiger partial charge in [-0.05, 0) is 59.1 Å². The maximum atomic E-state index is 12.0. The number of methoxy groups -OCH3 is 1. The molecular formula is C14H14BrNO3. The molecule has 0 atom stereocenters. The van der Waals surface area contributed by atoms with Gasteiger partial charge >= 0.3 is 0 Å². The zero-order chi connectivity index (χ0) is 14.0. The zero-order valence-electron chi connectivity index (χ0n) is 10.9. The largest absolute Gasteiger partial charge is 0.494 e. The Balaban J connectivity index is 2.30. The molecule has 0 saturated heterocycles. The van der Waals surface area contributed by atoms with E-state index < -0.39 is 0 Å². The summed E-state index contributed by atoms with van der Waals surface area (Å²) in [7, 11) is 1.58. The van der Waals surface area contributed by atoms with Gasteiger partial charge in [-0.1, -0.05) is 6.07 Å². The highest BCUT2D eigenvalue weighted by Gasteiger charge is 2.14. The Hall–Kier alpha value is -1.75. The molecule has 2 aromatic rings. The number of benzene rings is 1. The summed E-state index contributed by atoms with van der Waals surface area (Å²) in [6.45, 7) is 3.90. The standard InChI is InChI=1S/C14H14BrNO3/c1-8-6-9(2)13(18-3)10(7-8)16-14(17)11-4-5-12(15)19-11/h4-7H,1-3H3,(H,16,17). The van der Waals surface area contributed by atoms with E-state index in [2.05, 4.69) is 21.2 Å². The highest BCUT2D eigenvalue weighted by molar-refractivity contribution is 9.10. The van der Waals surface area contributed by atoms with Crippen LogP contribution in [0.5, 0.6) is 5.75 Å². The molecule has 0 bridgehead atoms. The van der Waals surface area contributed by atoms with Crippen molar-refractivity contribution in [2.75, 3.05) is 12.4 Å². The lowest BCUT2D eigenvalue weighted by Gasteiger charge is -2.13. The van der Waals surface area contributed by atoms with E-state index in [1.807, 2.05) is 26.0 Å². The molecule has 0 radical (unpaired) electrons. The van der Waals surface area contributed by atoms with Crippen molar-refractivity contribution in [2.24, 2.45) is 0 Å². The minimum atomic E-state index is -0.311. The zero-order valence-corrected chi connectivity index (χ0v) is 12.5. The second-order valence-electron chi connectivity index (χ2n) is 4.22. The van der Waals surface area contributed by atoms with E-state index >= 15 is 0 Å². The number of amides is 1. The monoisotopic (exact) mass is 323 g/mol. The molecule has 0 aliphatic heterocycles. The summed E-state index contributed by atoms with van der Waals surface area (Å²) < 4.78 is 11.1. The van der Waals surface area contributed by atoms with Crippen molar-refractivity contribution < 1.29 is 13.9 Å². The average molecular weight is 324 g/mol. The lowest BCUT2D eigenvalue weighted by Crippen LogP contribution is -2.12. The summed E-state index contributed by atoms with van der Waals surface area (Å²) in [5, 5.41) is 2.79. The number of halogens is 1. The first-order valence-electron chi connectivity index (χ1n) is 5.73. The van der Waals surface area contributed by atoms with Crippen LogP contribution in [0.2, 0.25) is 0 Å². The molecule has 1 N–H and O–H groups in total. The molecule has 0 aliphatic rings. The van der Waals surface area contributed by atoms with Crippen molar-refractivity contribution in [1.82, 2.24) is 0 Å². The van der Waals surface area contributed by atoms with Crippen molar-refractivity contribution in [3.8, 4) is 5.75 Å². The number of furan rings is 1. The molecule has 0 unspecified atom stereocenters. The van der Waals surface area contributed by atoms with Crippen LogP contribution in [-0.2, 0) is 0 Å². The molecule has 100 valence electrons. The summed E-state index contributed by atoms with van der Waals surface area (Å²) in [5.41, 5.74) is 2.66. The van der Waals surface area contributed by atoms with Crippen LogP contribution in [0.1, 0.15) is 21.7 Å². The molecule has 0 spiro atoms. The van der Waals surface area contributed by atoms with E-state index in [1.54, 1.807) is 19.2 Å². The molecular weight excluding hydrogens is 310 g/mol. The maximum Gasteiger partial charge on any atom is 0.291 e. The van der Waals surface area contributed by atoms with Gasteiger partial charge in [0.1, 0.15) is 5.75 Å². The Labute approximate surface area is 119 Å². The topological polar surface area (TPSA) is 51.5 Å². The third kappa shape index (κ3) is 2.98. The van der Waals surface area contributed by atoms with Gasteiger partial charge in [0.15, 0.2) is 10.4 Å². The third-order valence-corrected chi connectivity index (χ3v) is 3.09. The summed E-state index contributed by atoms with van der Waals surface area (Å²) >= 11 is 3.17. The molecule has 0 saturated carbocycles. The number of ether oxygens (including phenoxy) is 1. The van der Waals surface area contributed by atoms with Gasteiger partial charge < -0.3 is 14.5 Å². The molecule has 19 heavy (non-hydrogen) atoms. The Morgan fingerprint density at radius 3 is 2.63 bits per heavy atom. The van der Waals surface area contributed by atoms with E-state index in [-0.39, 0.29) is 11.7 Å². The van der Waals surface area contributed by atoms with Crippen LogP contribution in [0.4, 0.5) is 5.69 Å². The van der Waals surface area contributed by atoms with Gasteiger partial charge in [-0.15, -0.1) is 0 Å². The molecule has 4 nitrogen and oxygen atoms in total. The smallest absolute Gasteiger partial charge is 0.291 e. The van der Waals surface area contributed by atoms with Crippen LogP contribution in [0.25, 0.3) is 0 Å². The summed E-state index contributed by atoms with van der Waals surface area (Å²) in [6, 6.07) is 7.14. The minimum absolute atomic E-state index is 0.244. The lowest BCUT2D eigenvalue weighted by molar-refractivity contribution is 0.0995. The van der Waals surface area contributed by atoms with Crippen LogP contribution in [0.15, 0.2) is 33.4 Å². The Morgan fingerprint density at radius 2 is 2.05 bits per heavy atom. The predicted molar refractivity (Wildman–Crippen MR) is 76.8 cm³/mol. The van der Waals surface area contributed by atoms with Crippen molar-refractivity contribution in [2.45, 2.75) is 13.8 Å². The maximum absolute atomic E-state index is 12.0. The van der Waals surface area contributed by atoms with E-state index in [0.29, 0.717) is 16.1 Å². The molecule has 2 rings (SSSR count). The van der Waals surface area contributed by atoms with Gasteiger partial charge in [-0.2, -0.15) is 0 Å². The van der Waals surface area contributed by atoms with E-state index in [1.165, 1.54) is 0 Å². The molecule has 1 aromatic carbocycles. The van der Waals surface area contributed by atoms with E-state index in [4.69, 9.17) is 9.15 Å². The number of aryl methyl sites for hydroxylation is 2. The second kappa shape index (κ2) is 5.48. The fourth-order valence-corrected chi connectivity index (χ4v) is 2.24. The molecule has 1 heterocycles. The third-order valence-electron chi connectivity index (χ3n) is 2.67. The molecule has 1 amide bonds. The number of carbonyl (C=O) groups excluding carboxylic acids is 1. The van der Waals surface area contributed by atoms with Gasteiger partial charge in [0.05, 0.1) is 12.8 Å². The first-order valence-corrected chi connectivity index (χ1v) is 6.52. The van der Waals surface area contributed by atoms with Gasteiger partial charge in [0, 0.05) is 0 Å². The van der Waals surface area contributed by atoms with E-state index in [9.17, 15) is 4.79 Å². The van der Waals surface area contributed by atoms with Gasteiger partial charge in [-0.3, -0.25) is 4.79 Å². The van der Waals surface area contributed by atoms with Crippen LogP contribution >= 0.6 is 15.9 Å². The van der Waals surface area contributed by atoms with Crippen LogP contribution in [0, 0.1) is 13.8 Å². The number of hydrogen-bond acceptors (Lipinski definition) is 3. The number of nitrogens with one attached hydrogen (secondary N) is 1. The van der Waals surface area contributed by atoms with E-state index in [0.717, 1.165) is 11.1 Å². The van der Waals surface area contributed by atoms with Gasteiger partial charge in [0.2, 0.25) is 0 Å². The minimum Gasteiger partial charge on any atom is -0.494 e. The normalized spacial score (nSPS) is 10.3.